The van der Waals surface area contributed by atoms with Crippen LogP contribution in [0.25, 0.3) is 6.08 Å². The smallest absolute Gasteiger partial charge is 0.250 e. The van der Waals surface area contributed by atoms with Crippen LogP contribution in [0.5, 0.6) is 11.5 Å². The highest BCUT2D eigenvalue weighted by Crippen LogP contribution is 2.15. The van der Waals surface area contributed by atoms with Crippen LogP contribution < -0.4 is 15.4 Å². The summed E-state index contributed by atoms with van der Waals surface area (Å²) in [6.07, 6.45) is 3.06. The lowest BCUT2D eigenvalue weighted by atomic mass is 10.2. The maximum absolute atomic E-state index is 11.8. The Kier molecular flexibility index (Phi) is 5.71. The molecule has 0 radical (unpaired) electrons. The van der Waals surface area contributed by atoms with Crippen LogP contribution in [0.15, 0.2) is 54.6 Å². The minimum atomic E-state index is -0.349. The molecular formula is C17H16N2O3S. The summed E-state index contributed by atoms with van der Waals surface area (Å²) in [7, 11) is 1.60. The molecule has 0 aliphatic heterocycles. The van der Waals surface area contributed by atoms with Gasteiger partial charge in [0.1, 0.15) is 11.5 Å². The lowest BCUT2D eigenvalue weighted by Crippen LogP contribution is -2.32. The van der Waals surface area contributed by atoms with E-state index in [0.717, 1.165) is 11.3 Å². The van der Waals surface area contributed by atoms with Crippen LogP contribution in [0, 0.1) is 0 Å². The number of aromatic hydroxyl groups is 1. The number of ether oxygens (including phenoxy) is 1. The zero-order chi connectivity index (χ0) is 16.7. The van der Waals surface area contributed by atoms with Crippen molar-refractivity contribution in [3.8, 4) is 11.5 Å². The van der Waals surface area contributed by atoms with Gasteiger partial charge in [-0.05, 0) is 48.1 Å². The van der Waals surface area contributed by atoms with Crippen molar-refractivity contribution < 1.29 is 14.6 Å². The zero-order valence-electron chi connectivity index (χ0n) is 12.4. The molecule has 0 saturated carbocycles. The molecule has 2 rings (SSSR count). The molecule has 2 aromatic carbocycles. The molecule has 0 spiro atoms. The average Bonchev–Trinajstić information content (AvgIpc) is 2.53. The summed E-state index contributed by atoms with van der Waals surface area (Å²) >= 11 is 5.04. The number of hydrogen-bond donors (Lipinski definition) is 3. The van der Waals surface area contributed by atoms with E-state index >= 15 is 0 Å². The van der Waals surface area contributed by atoms with Gasteiger partial charge in [-0.15, -0.1) is 0 Å². The van der Waals surface area contributed by atoms with Crippen molar-refractivity contribution in [1.29, 1.82) is 0 Å². The van der Waals surface area contributed by atoms with Crippen molar-refractivity contribution in [3.63, 3.8) is 0 Å². The largest absolute Gasteiger partial charge is 0.508 e. The molecular weight excluding hydrogens is 312 g/mol. The van der Waals surface area contributed by atoms with Crippen LogP contribution in [0.4, 0.5) is 5.69 Å². The molecule has 6 heteroatoms. The Morgan fingerprint density at radius 3 is 2.61 bits per heavy atom. The predicted octanol–water partition coefficient (Wildman–Crippen LogP) is 2.93. The van der Waals surface area contributed by atoms with E-state index in [-0.39, 0.29) is 16.8 Å². The average molecular weight is 328 g/mol. The highest BCUT2D eigenvalue weighted by molar-refractivity contribution is 7.80. The van der Waals surface area contributed by atoms with Crippen LogP contribution in [-0.2, 0) is 4.79 Å². The number of phenolic OH excluding ortho intramolecular Hbond substituents is 1. The molecule has 0 atom stereocenters. The van der Waals surface area contributed by atoms with Gasteiger partial charge in [-0.25, -0.2) is 0 Å². The number of nitrogens with one attached hydrogen (secondary N) is 2. The van der Waals surface area contributed by atoms with Crippen molar-refractivity contribution in [1.82, 2.24) is 5.32 Å². The van der Waals surface area contributed by atoms with Gasteiger partial charge in [-0.1, -0.05) is 18.2 Å². The van der Waals surface area contributed by atoms with Gasteiger partial charge < -0.3 is 15.2 Å². The summed E-state index contributed by atoms with van der Waals surface area (Å²) in [6.45, 7) is 0. The molecule has 5 nitrogen and oxygen atoms in total. The van der Waals surface area contributed by atoms with Crippen molar-refractivity contribution in [2.45, 2.75) is 0 Å². The Morgan fingerprint density at radius 1 is 1.22 bits per heavy atom. The summed E-state index contributed by atoms with van der Waals surface area (Å²) in [5.41, 5.74) is 1.46. The van der Waals surface area contributed by atoms with Gasteiger partial charge in [0.15, 0.2) is 5.11 Å². The van der Waals surface area contributed by atoms with Crippen LogP contribution in [0.3, 0.4) is 0 Å². The number of methoxy groups -OCH3 is 1. The molecule has 118 valence electrons. The molecule has 23 heavy (non-hydrogen) atoms. The van der Waals surface area contributed by atoms with E-state index in [1.807, 2.05) is 24.3 Å². The molecule has 2 aromatic rings. The number of benzene rings is 2. The van der Waals surface area contributed by atoms with E-state index in [1.165, 1.54) is 12.1 Å². The molecule has 0 fully saturated rings. The molecule has 0 bridgehead atoms. The van der Waals surface area contributed by atoms with E-state index < -0.39 is 0 Å². The normalized spacial score (nSPS) is 10.3. The Bertz CT molecular complexity index is 727. The van der Waals surface area contributed by atoms with Crippen molar-refractivity contribution in [2.75, 3.05) is 12.4 Å². The maximum Gasteiger partial charge on any atom is 0.250 e. The highest BCUT2D eigenvalue weighted by atomic mass is 32.1. The second-order valence-electron chi connectivity index (χ2n) is 4.60. The van der Waals surface area contributed by atoms with E-state index in [9.17, 15) is 9.90 Å². The summed E-state index contributed by atoms with van der Waals surface area (Å²) in [5.74, 6) is 0.519. The fourth-order valence-electron chi connectivity index (χ4n) is 1.79. The Morgan fingerprint density at radius 2 is 1.96 bits per heavy atom. The molecule has 0 aromatic heterocycles. The van der Waals surface area contributed by atoms with Crippen LogP contribution in [-0.4, -0.2) is 23.2 Å². The third-order valence-corrected chi connectivity index (χ3v) is 3.09. The third kappa shape index (κ3) is 5.44. The first kappa shape index (κ1) is 16.5. The van der Waals surface area contributed by atoms with Gasteiger partial charge >= 0.3 is 0 Å². The fourth-order valence-corrected chi connectivity index (χ4v) is 2.00. The van der Waals surface area contributed by atoms with Crippen LogP contribution in [0.1, 0.15) is 5.56 Å². The van der Waals surface area contributed by atoms with Gasteiger partial charge in [-0.3, -0.25) is 10.1 Å². The van der Waals surface area contributed by atoms with Gasteiger partial charge in [0, 0.05) is 17.8 Å². The van der Waals surface area contributed by atoms with E-state index in [2.05, 4.69) is 10.6 Å². The summed E-state index contributed by atoms with van der Waals surface area (Å²) in [4.78, 5) is 11.8. The number of thiocarbonyl (C=S) groups is 1. The van der Waals surface area contributed by atoms with Gasteiger partial charge in [-0.2, -0.15) is 0 Å². The first-order valence-electron chi connectivity index (χ1n) is 6.80. The third-order valence-electron chi connectivity index (χ3n) is 2.88. The van der Waals surface area contributed by atoms with Gasteiger partial charge in [0.05, 0.1) is 7.11 Å². The lowest BCUT2D eigenvalue weighted by Gasteiger charge is -2.08. The molecule has 0 saturated heterocycles. The molecule has 0 unspecified atom stereocenters. The standard InChI is InChI=1S/C17H16N2O3S/c1-22-15-8-5-12(6-9-15)7-10-16(21)19-17(23)18-13-3-2-4-14(20)11-13/h2-11,20H,1H3,(H2,18,19,21,23)/b10-7+. The van der Waals surface area contributed by atoms with E-state index in [1.54, 1.807) is 31.4 Å². The van der Waals surface area contributed by atoms with Crippen molar-refractivity contribution in [3.05, 3.63) is 60.2 Å². The Balaban J connectivity index is 1.88. The second-order valence-corrected chi connectivity index (χ2v) is 5.01. The molecule has 0 heterocycles. The van der Waals surface area contributed by atoms with Crippen LogP contribution in [0.2, 0.25) is 0 Å². The monoisotopic (exact) mass is 328 g/mol. The molecule has 0 aliphatic carbocycles. The minimum absolute atomic E-state index is 0.114. The zero-order valence-corrected chi connectivity index (χ0v) is 13.3. The first-order chi connectivity index (χ1) is 11.1. The van der Waals surface area contributed by atoms with Crippen LogP contribution >= 0.6 is 12.2 Å². The number of hydrogen-bond acceptors (Lipinski definition) is 4. The van der Waals surface area contributed by atoms with Gasteiger partial charge in [0.2, 0.25) is 5.91 Å². The number of anilines is 1. The van der Waals surface area contributed by atoms with E-state index in [0.29, 0.717) is 5.69 Å². The number of carbonyl (C=O) groups is 1. The second kappa shape index (κ2) is 7.95. The fraction of sp³-hybridized carbons (Fsp3) is 0.0588. The molecule has 0 aliphatic rings. The minimum Gasteiger partial charge on any atom is -0.508 e. The Labute approximate surface area is 139 Å². The SMILES string of the molecule is COc1ccc(/C=C/C(=O)NC(=S)Nc2cccc(O)c2)cc1. The summed E-state index contributed by atoms with van der Waals surface area (Å²) < 4.78 is 5.07. The van der Waals surface area contributed by atoms with E-state index in [4.69, 9.17) is 17.0 Å². The first-order valence-corrected chi connectivity index (χ1v) is 7.21. The molecule has 3 N–H and O–H groups in total. The summed E-state index contributed by atoms with van der Waals surface area (Å²) in [5, 5.41) is 14.9. The number of carbonyl (C=O) groups excluding carboxylic acids is 1. The predicted molar refractivity (Wildman–Crippen MR) is 94.5 cm³/mol. The number of amides is 1. The van der Waals surface area contributed by atoms with Crippen molar-refractivity contribution in [2.24, 2.45) is 0 Å². The maximum atomic E-state index is 11.8. The molecule has 1 amide bonds. The number of phenols is 1. The lowest BCUT2D eigenvalue weighted by molar-refractivity contribution is -0.115. The summed E-state index contributed by atoms with van der Waals surface area (Å²) in [6, 6.07) is 13.8. The Hall–Kier alpha value is -2.86. The highest BCUT2D eigenvalue weighted by Gasteiger charge is 2.02. The quantitative estimate of drug-likeness (QED) is 0.595. The van der Waals surface area contributed by atoms with Crippen molar-refractivity contribution >= 4 is 35.0 Å². The topological polar surface area (TPSA) is 70.6 Å². The number of rotatable bonds is 4. The van der Waals surface area contributed by atoms with Gasteiger partial charge in [0.25, 0.3) is 0 Å².